The van der Waals surface area contributed by atoms with Gasteiger partial charge in [-0.15, -0.1) is 0 Å². The molecule has 2 amide bonds. The van der Waals surface area contributed by atoms with Crippen molar-refractivity contribution in [2.75, 3.05) is 6.54 Å². The fourth-order valence-corrected chi connectivity index (χ4v) is 3.47. The first-order valence-corrected chi connectivity index (χ1v) is 11.2. The monoisotopic (exact) mass is 591 g/mol. The van der Waals surface area contributed by atoms with E-state index in [-0.39, 0.29) is 12.5 Å². The van der Waals surface area contributed by atoms with Gasteiger partial charge in [0.05, 0.1) is 18.3 Å². The molecular formula is C23H19BrIN3O3. The van der Waals surface area contributed by atoms with Gasteiger partial charge >= 0.3 is 0 Å². The van der Waals surface area contributed by atoms with Crippen molar-refractivity contribution in [1.82, 2.24) is 10.7 Å². The van der Waals surface area contributed by atoms with Gasteiger partial charge < -0.3 is 10.1 Å². The van der Waals surface area contributed by atoms with E-state index in [9.17, 15) is 9.59 Å². The Morgan fingerprint density at radius 3 is 2.48 bits per heavy atom. The Bertz CT molecular complexity index is 1090. The van der Waals surface area contributed by atoms with Crippen molar-refractivity contribution < 1.29 is 14.3 Å². The topological polar surface area (TPSA) is 79.8 Å². The molecule has 0 heterocycles. The number of carbonyl (C=O) groups is 2. The highest BCUT2D eigenvalue weighted by Gasteiger charge is 2.10. The van der Waals surface area contributed by atoms with Crippen LogP contribution in [0.1, 0.15) is 21.5 Å². The van der Waals surface area contributed by atoms with Gasteiger partial charge in [0.15, 0.2) is 0 Å². The van der Waals surface area contributed by atoms with Crippen LogP contribution in [0.2, 0.25) is 0 Å². The Balaban J connectivity index is 1.51. The highest BCUT2D eigenvalue weighted by Crippen LogP contribution is 2.18. The predicted molar refractivity (Wildman–Crippen MR) is 132 cm³/mol. The maximum Gasteiger partial charge on any atom is 0.259 e. The average molecular weight is 592 g/mol. The summed E-state index contributed by atoms with van der Waals surface area (Å²) in [4.78, 5) is 24.2. The van der Waals surface area contributed by atoms with Crippen LogP contribution in [0.3, 0.4) is 0 Å². The predicted octanol–water partition coefficient (Wildman–Crippen LogP) is 4.51. The van der Waals surface area contributed by atoms with Crippen LogP contribution >= 0.6 is 38.5 Å². The minimum atomic E-state index is -0.427. The van der Waals surface area contributed by atoms with Crippen molar-refractivity contribution in [1.29, 1.82) is 0 Å². The second kappa shape index (κ2) is 11.6. The van der Waals surface area contributed by atoms with Crippen LogP contribution in [0.15, 0.2) is 82.4 Å². The zero-order valence-corrected chi connectivity index (χ0v) is 20.1. The second-order valence-electron chi connectivity index (χ2n) is 6.41. The van der Waals surface area contributed by atoms with E-state index in [2.05, 4.69) is 54.4 Å². The summed E-state index contributed by atoms with van der Waals surface area (Å²) in [5, 5.41) is 6.56. The van der Waals surface area contributed by atoms with Gasteiger partial charge in [0.25, 0.3) is 11.8 Å². The molecule has 0 radical (unpaired) electrons. The molecule has 0 saturated carbocycles. The number of hydrogen-bond donors (Lipinski definition) is 2. The first-order chi connectivity index (χ1) is 15.0. The van der Waals surface area contributed by atoms with E-state index in [0.717, 1.165) is 19.2 Å². The highest BCUT2D eigenvalue weighted by atomic mass is 127. The van der Waals surface area contributed by atoms with Crippen LogP contribution in [-0.2, 0) is 11.4 Å². The maximum absolute atomic E-state index is 12.2. The smallest absolute Gasteiger partial charge is 0.259 e. The highest BCUT2D eigenvalue weighted by molar-refractivity contribution is 14.1. The Kier molecular flexibility index (Phi) is 8.60. The SMILES string of the molecule is O=C(CNC(=O)c1ccccc1I)N/N=C\c1ccccc1OCc1ccc(Br)cc1. The Morgan fingerprint density at radius 1 is 1.00 bits per heavy atom. The van der Waals surface area contributed by atoms with Crippen LogP contribution in [0.5, 0.6) is 5.75 Å². The molecule has 31 heavy (non-hydrogen) atoms. The van der Waals surface area contributed by atoms with Crippen LogP contribution in [-0.4, -0.2) is 24.6 Å². The number of rotatable bonds is 8. The normalized spacial score (nSPS) is 10.6. The average Bonchev–Trinajstić information content (AvgIpc) is 2.78. The maximum atomic E-state index is 12.2. The lowest BCUT2D eigenvalue weighted by atomic mass is 10.2. The van der Waals surface area contributed by atoms with Crippen molar-refractivity contribution >= 4 is 56.5 Å². The molecule has 3 rings (SSSR count). The molecule has 0 bridgehead atoms. The minimum absolute atomic E-state index is 0.178. The number of ether oxygens (including phenoxy) is 1. The molecule has 0 saturated heterocycles. The van der Waals surface area contributed by atoms with Crippen molar-refractivity contribution in [3.05, 3.63) is 97.5 Å². The Hall–Kier alpha value is -2.72. The Labute approximate surface area is 202 Å². The van der Waals surface area contributed by atoms with E-state index >= 15 is 0 Å². The van der Waals surface area contributed by atoms with Gasteiger partial charge in [-0.3, -0.25) is 9.59 Å². The lowest BCUT2D eigenvalue weighted by Crippen LogP contribution is -2.35. The first-order valence-electron chi connectivity index (χ1n) is 9.34. The molecule has 0 aliphatic carbocycles. The third-order valence-corrected chi connectivity index (χ3v) is 5.62. The van der Waals surface area contributed by atoms with Gasteiger partial charge in [0.1, 0.15) is 12.4 Å². The zero-order valence-electron chi connectivity index (χ0n) is 16.3. The van der Waals surface area contributed by atoms with Gasteiger partial charge in [0, 0.05) is 13.6 Å². The number of amides is 2. The zero-order chi connectivity index (χ0) is 22.1. The first kappa shape index (κ1) is 23.0. The van der Waals surface area contributed by atoms with E-state index in [1.54, 1.807) is 12.1 Å². The lowest BCUT2D eigenvalue weighted by molar-refractivity contribution is -0.120. The number of hydrogen-bond acceptors (Lipinski definition) is 4. The van der Waals surface area contributed by atoms with Gasteiger partial charge in [-0.2, -0.15) is 5.10 Å². The Morgan fingerprint density at radius 2 is 1.71 bits per heavy atom. The van der Waals surface area contributed by atoms with Gasteiger partial charge in [-0.05, 0) is 64.6 Å². The van der Waals surface area contributed by atoms with Gasteiger partial charge in [-0.1, -0.05) is 52.3 Å². The quantitative estimate of drug-likeness (QED) is 0.230. The molecule has 2 N–H and O–H groups in total. The number of hydrazone groups is 1. The molecule has 0 atom stereocenters. The largest absolute Gasteiger partial charge is 0.488 e. The standard InChI is InChI=1S/C23H19BrIN3O3/c24-18-11-9-16(10-12-18)15-31-21-8-4-1-5-17(21)13-27-28-22(29)14-26-23(30)19-6-2-3-7-20(19)25/h1-13H,14-15H2,(H,26,30)(H,28,29)/b27-13-. The summed E-state index contributed by atoms with van der Waals surface area (Å²) < 4.78 is 7.71. The van der Waals surface area contributed by atoms with Crippen molar-refractivity contribution in [2.24, 2.45) is 5.10 Å². The molecule has 0 fully saturated rings. The summed E-state index contributed by atoms with van der Waals surface area (Å²) in [6.45, 7) is 0.234. The molecule has 158 valence electrons. The van der Waals surface area contributed by atoms with E-state index < -0.39 is 5.91 Å². The van der Waals surface area contributed by atoms with E-state index in [1.165, 1.54) is 6.21 Å². The van der Waals surface area contributed by atoms with Gasteiger partial charge in [-0.25, -0.2) is 5.43 Å². The van der Waals surface area contributed by atoms with Crippen molar-refractivity contribution in [3.8, 4) is 5.75 Å². The van der Waals surface area contributed by atoms with Crippen molar-refractivity contribution in [3.63, 3.8) is 0 Å². The number of nitrogens with one attached hydrogen (secondary N) is 2. The molecule has 6 nitrogen and oxygen atoms in total. The van der Waals surface area contributed by atoms with Crippen LogP contribution < -0.4 is 15.5 Å². The third kappa shape index (κ3) is 7.18. The molecular weight excluding hydrogens is 573 g/mol. The molecule has 0 unspecified atom stereocenters. The number of nitrogens with zero attached hydrogens (tertiary/aromatic N) is 1. The summed E-state index contributed by atoms with van der Waals surface area (Å²) in [6, 6.07) is 22.4. The molecule has 3 aromatic rings. The fraction of sp³-hybridized carbons (Fsp3) is 0.0870. The van der Waals surface area contributed by atoms with E-state index in [1.807, 2.05) is 60.7 Å². The number of benzene rings is 3. The molecule has 3 aromatic carbocycles. The molecule has 8 heteroatoms. The third-order valence-electron chi connectivity index (χ3n) is 4.15. The van der Waals surface area contributed by atoms with Crippen LogP contribution in [0.25, 0.3) is 0 Å². The molecule has 0 aromatic heterocycles. The summed E-state index contributed by atoms with van der Waals surface area (Å²) in [5.41, 5.74) is 4.70. The molecule has 0 spiro atoms. The summed E-state index contributed by atoms with van der Waals surface area (Å²) in [5.74, 6) is -0.0880. The summed E-state index contributed by atoms with van der Waals surface area (Å²) in [7, 11) is 0. The second-order valence-corrected chi connectivity index (χ2v) is 8.49. The van der Waals surface area contributed by atoms with Crippen LogP contribution in [0, 0.1) is 3.57 Å². The summed E-state index contributed by atoms with van der Waals surface area (Å²) >= 11 is 5.49. The fourth-order valence-electron chi connectivity index (χ4n) is 2.57. The number of halogens is 2. The summed E-state index contributed by atoms with van der Waals surface area (Å²) in [6.07, 6.45) is 1.51. The van der Waals surface area contributed by atoms with E-state index in [0.29, 0.717) is 17.9 Å². The molecule has 0 aliphatic heterocycles. The van der Waals surface area contributed by atoms with Crippen molar-refractivity contribution in [2.45, 2.75) is 6.61 Å². The lowest BCUT2D eigenvalue weighted by Gasteiger charge is -2.09. The minimum Gasteiger partial charge on any atom is -0.488 e. The van der Waals surface area contributed by atoms with Crippen LogP contribution in [0.4, 0.5) is 0 Å². The number of para-hydroxylation sites is 1. The molecule has 0 aliphatic rings. The number of carbonyl (C=O) groups excluding carboxylic acids is 2. The van der Waals surface area contributed by atoms with E-state index in [4.69, 9.17) is 4.74 Å². The van der Waals surface area contributed by atoms with Gasteiger partial charge in [0.2, 0.25) is 0 Å².